The second-order valence-electron chi connectivity index (χ2n) is 6.37. The first-order valence-electron chi connectivity index (χ1n) is 9.15. The summed E-state index contributed by atoms with van der Waals surface area (Å²) in [5.74, 6) is 1.95. The highest BCUT2D eigenvalue weighted by Crippen LogP contribution is 2.28. The summed E-state index contributed by atoms with van der Waals surface area (Å²) < 4.78 is 21.2. The van der Waals surface area contributed by atoms with Crippen LogP contribution in [0.2, 0.25) is 0 Å². The predicted octanol–water partition coefficient (Wildman–Crippen LogP) is 4.95. The van der Waals surface area contributed by atoms with Crippen molar-refractivity contribution in [2.45, 2.75) is 12.1 Å². The van der Waals surface area contributed by atoms with Gasteiger partial charge in [0.2, 0.25) is 0 Å². The van der Waals surface area contributed by atoms with E-state index >= 15 is 0 Å². The standard InChI is InChI=1S/C22H19FN4OS/c1-16-3-2-4-20(15-16)28-13-14-29-22-26-25-21(17-9-11-24-12-10-17)27(22)19-7-5-18(23)6-8-19/h2-12,15H,13-14H2,1H3. The highest BCUT2D eigenvalue weighted by atomic mass is 32.2. The molecule has 0 N–H and O–H groups in total. The number of hydrogen-bond donors (Lipinski definition) is 0. The van der Waals surface area contributed by atoms with E-state index in [4.69, 9.17) is 4.74 Å². The van der Waals surface area contributed by atoms with E-state index in [0.717, 1.165) is 27.7 Å². The third kappa shape index (κ3) is 4.63. The molecule has 0 amide bonds. The van der Waals surface area contributed by atoms with Crippen molar-refractivity contribution in [2.75, 3.05) is 12.4 Å². The SMILES string of the molecule is Cc1cccc(OCCSc2nnc(-c3ccncc3)n2-c2ccc(F)cc2)c1. The zero-order valence-electron chi connectivity index (χ0n) is 15.8. The van der Waals surface area contributed by atoms with Crippen LogP contribution >= 0.6 is 11.8 Å². The fourth-order valence-corrected chi connectivity index (χ4v) is 3.64. The van der Waals surface area contributed by atoms with Crippen LogP contribution in [0, 0.1) is 12.7 Å². The van der Waals surface area contributed by atoms with Gasteiger partial charge in [0.25, 0.3) is 0 Å². The number of thioether (sulfide) groups is 1. The van der Waals surface area contributed by atoms with Gasteiger partial charge in [0.05, 0.1) is 6.61 Å². The zero-order chi connectivity index (χ0) is 20.1. The molecule has 0 saturated carbocycles. The molecule has 5 nitrogen and oxygen atoms in total. The van der Waals surface area contributed by atoms with E-state index in [-0.39, 0.29) is 5.82 Å². The third-order valence-corrected chi connectivity index (χ3v) is 5.12. The molecule has 2 heterocycles. The minimum absolute atomic E-state index is 0.284. The Morgan fingerprint density at radius 2 is 1.79 bits per heavy atom. The molecular weight excluding hydrogens is 387 g/mol. The van der Waals surface area contributed by atoms with Gasteiger partial charge in [-0.1, -0.05) is 23.9 Å². The summed E-state index contributed by atoms with van der Waals surface area (Å²) in [4.78, 5) is 4.06. The third-order valence-electron chi connectivity index (χ3n) is 4.23. The predicted molar refractivity (Wildman–Crippen MR) is 112 cm³/mol. The molecular formula is C22H19FN4OS. The Morgan fingerprint density at radius 3 is 2.55 bits per heavy atom. The zero-order valence-corrected chi connectivity index (χ0v) is 16.6. The van der Waals surface area contributed by atoms with Gasteiger partial charge in [-0.3, -0.25) is 9.55 Å². The van der Waals surface area contributed by atoms with E-state index in [1.807, 2.05) is 47.9 Å². The molecule has 4 rings (SSSR count). The molecule has 0 saturated heterocycles. The first-order chi connectivity index (χ1) is 14.2. The Hall–Kier alpha value is -3.19. The molecule has 7 heteroatoms. The van der Waals surface area contributed by atoms with Gasteiger partial charge in [-0.2, -0.15) is 0 Å². The monoisotopic (exact) mass is 406 g/mol. The van der Waals surface area contributed by atoms with E-state index in [0.29, 0.717) is 18.2 Å². The summed E-state index contributed by atoms with van der Waals surface area (Å²) in [5.41, 5.74) is 2.85. The Balaban J connectivity index is 1.55. The van der Waals surface area contributed by atoms with Crippen LogP contribution < -0.4 is 4.74 Å². The van der Waals surface area contributed by atoms with Gasteiger partial charge in [0, 0.05) is 29.4 Å². The summed E-state index contributed by atoms with van der Waals surface area (Å²) in [6, 6.07) is 18.0. The van der Waals surface area contributed by atoms with Crippen molar-refractivity contribution in [3.8, 4) is 22.8 Å². The molecule has 2 aromatic heterocycles. The van der Waals surface area contributed by atoms with Crippen LogP contribution in [0.5, 0.6) is 5.75 Å². The molecule has 2 aromatic carbocycles. The van der Waals surface area contributed by atoms with Crippen molar-refractivity contribution in [3.05, 3.63) is 84.4 Å². The number of aromatic nitrogens is 4. The van der Waals surface area contributed by atoms with Crippen molar-refractivity contribution in [1.82, 2.24) is 19.7 Å². The van der Waals surface area contributed by atoms with E-state index in [2.05, 4.69) is 15.2 Å². The van der Waals surface area contributed by atoms with Crippen LogP contribution in [0.1, 0.15) is 5.56 Å². The minimum Gasteiger partial charge on any atom is -0.493 e. The van der Waals surface area contributed by atoms with Crippen LogP contribution in [-0.2, 0) is 0 Å². The average Bonchev–Trinajstić information content (AvgIpc) is 3.16. The Labute approximate surface area is 172 Å². The van der Waals surface area contributed by atoms with Crippen molar-refractivity contribution < 1.29 is 9.13 Å². The fourth-order valence-electron chi connectivity index (χ4n) is 2.87. The second kappa shape index (κ2) is 8.87. The van der Waals surface area contributed by atoms with Crippen LogP contribution in [-0.4, -0.2) is 32.1 Å². The second-order valence-corrected chi connectivity index (χ2v) is 7.43. The first-order valence-corrected chi connectivity index (χ1v) is 10.1. The molecule has 29 heavy (non-hydrogen) atoms. The number of benzene rings is 2. The van der Waals surface area contributed by atoms with Gasteiger partial charge >= 0.3 is 0 Å². The smallest absolute Gasteiger partial charge is 0.196 e. The lowest BCUT2D eigenvalue weighted by Gasteiger charge is -2.11. The van der Waals surface area contributed by atoms with E-state index < -0.39 is 0 Å². The van der Waals surface area contributed by atoms with Gasteiger partial charge in [-0.05, 0) is 61.0 Å². The number of rotatable bonds is 7. The summed E-state index contributed by atoms with van der Waals surface area (Å²) in [5, 5.41) is 9.44. The van der Waals surface area contributed by atoms with E-state index in [9.17, 15) is 4.39 Å². The lowest BCUT2D eigenvalue weighted by atomic mass is 10.2. The van der Waals surface area contributed by atoms with Crippen molar-refractivity contribution in [1.29, 1.82) is 0 Å². The maximum absolute atomic E-state index is 13.4. The van der Waals surface area contributed by atoms with E-state index in [1.54, 1.807) is 36.3 Å². The van der Waals surface area contributed by atoms with Crippen LogP contribution in [0.3, 0.4) is 0 Å². The van der Waals surface area contributed by atoms with Gasteiger partial charge in [-0.15, -0.1) is 10.2 Å². The summed E-state index contributed by atoms with van der Waals surface area (Å²) in [6.45, 7) is 2.57. The maximum atomic E-state index is 13.4. The van der Waals surface area contributed by atoms with Gasteiger partial charge in [0.1, 0.15) is 11.6 Å². The lowest BCUT2D eigenvalue weighted by Crippen LogP contribution is -2.03. The highest BCUT2D eigenvalue weighted by Gasteiger charge is 2.16. The number of nitrogens with zero attached hydrogens (tertiary/aromatic N) is 4. The van der Waals surface area contributed by atoms with Crippen molar-refractivity contribution in [3.63, 3.8) is 0 Å². The highest BCUT2D eigenvalue weighted by molar-refractivity contribution is 7.99. The van der Waals surface area contributed by atoms with Gasteiger partial charge in [-0.25, -0.2) is 4.39 Å². The average molecular weight is 406 g/mol. The molecule has 0 fully saturated rings. The molecule has 4 aromatic rings. The Morgan fingerprint density at radius 1 is 1.00 bits per heavy atom. The molecule has 0 atom stereocenters. The molecule has 0 aliphatic rings. The maximum Gasteiger partial charge on any atom is 0.196 e. The molecule has 146 valence electrons. The minimum atomic E-state index is -0.284. The Kier molecular flexibility index (Phi) is 5.86. The van der Waals surface area contributed by atoms with E-state index in [1.165, 1.54) is 12.1 Å². The normalized spacial score (nSPS) is 10.8. The number of halogens is 1. The van der Waals surface area contributed by atoms with Crippen molar-refractivity contribution >= 4 is 11.8 Å². The molecule has 0 unspecified atom stereocenters. The van der Waals surface area contributed by atoms with Crippen LogP contribution in [0.15, 0.2) is 78.2 Å². The quantitative estimate of drug-likeness (QED) is 0.321. The molecule has 0 aliphatic heterocycles. The van der Waals surface area contributed by atoms with Crippen LogP contribution in [0.25, 0.3) is 17.1 Å². The molecule has 0 aliphatic carbocycles. The Bertz CT molecular complexity index is 1080. The largest absolute Gasteiger partial charge is 0.493 e. The fraction of sp³-hybridized carbons (Fsp3) is 0.136. The summed E-state index contributed by atoms with van der Waals surface area (Å²) in [6.07, 6.45) is 3.42. The number of ether oxygens (including phenoxy) is 1. The topological polar surface area (TPSA) is 52.8 Å². The number of pyridine rings is 1. The van der Waals surface area contributed by atoms with Crippen molar-refractivity contribution in [2.24, 2.45) is 0 Å². The summed E-state index contributed by atoms with van der Waals surface area (Å²) in [7, 11) is 0. The molecule has 0 radical (unpaired) electrons. The lowest BCUT2D eigenvalue weighted by molar-refractivity contribution is 0.343. The number of aryl methyl sites for hydroxylation is 1. The van der Waals surface area contributed by atoms with Gasteiger partial charge < -0.3 is 4.74 Å². The van der Waals surface area contributed by atoms with Gasteiger partial charge in [0.15, 0.2) is 11.0 Å². The first kappa shape index (κ1) is 19.1. The number of hydrogen-bond acceptors (Lipinski definition) is 5. The molecule has 0 spiro atoms. The molecule has 0 bridgehead atoms. The summed E-state index contributed by atoms with van der Waals surface area (Å²) >= 11 is 1.54. The van der Waals surface area contributed by atoms with Crippen LogP contribution in [0.4, 0.5) is 4.39 Å².